The maximum absolute atomic E-state index is 13.1. The quantitative estimate of drug-likeness (QED) is 0.146. The molecule has 0 aromatic heterocycles. The highest BCUT2D eigenvalue weighted by Crippen LogP contribution is 2.19. The van der Waals surface area contributed by atoms with Gasteiger partial charge >= 0.3 is 11.9 Å². The first-order valence-electron chi connectivity index (χ1n) is 12.1. The molecule has 1 aromatic rings. The minimum atomic E-state index is -1.51. The van der Waals surface area contributed by atoms with E-state index in [2.05, 4.69) is 10.6 Å². The second kappa shape index (κ2) is 14.1. The predicted molar refractivity (Wildman–Crippen MR) is 131 cm³/mol. The molecule has 1 aliphatic heterocycles. The van der Waals surface area contributed by atoms with Gasteiger partial charge in [-0.2, -0.15) is 0 Å². The van der Waals surface area contributed by atoms with Crippen LogP contribution >= 0.6 is 0 Å². The number of nitrogens with two attached hydrogens (primary N) is 2. The van der Waals surface area contributed by atoms with Crippen molar-refractivity contribution < 1.29 is 39.3 Å². The molecule has 3 amide bonds. The fourth-order valence-electron chi connectivity index (χ4n) is 4.15. The highest BCUT2D eigenvalue weighted by Gasteiger charge is 2.39. The number of unbranched alkanes of at least 4 members (excludes halogenated alkanes) is 1. The summed E-state index contributed by atoms with van der Waals surface area (Å²) in [5.41, 5.74) is 12.2. The zero-order valence-corrected chi connectivity index (χ0v) is 20.5. The van der Waals surface area contributed by atoms with Gasteiger partial charge in [-0.1, -0.05) is 12.1 Å². The number of carboxylic acid groups (broad SMARTS) is 2. The van der Waals surface area contributed by atoms with Crippen LogP contribution in [0.15, 0.2) is 24.3 Å². The summed E-state index contributed by atoms with van der Waals surface area (Å²) in [5.74, 6) is -4.73. The maximum atomic E-state index is 13.1. The van der Waals surface area contributed by atoms with Crippen LogP contribution in [0.5, 0.6) is 5.75 Å². The number of hydrogen-bond donors (Lipinski definition) is 7. The van der Waals surface area contributed by atoms with Crippen molar-refractivity contribution in [2.24, 2.45) is 11.5 Å². The number of phenols is 1. The fourth-order valence-corrected chi connectivity index (χ4v) is 4.15. The summed E-state index contributed by atoms with van der Waals surface area (Å²) in [6.07, 6.45) is 1.23. The Labute approximate surface area is 214 Å². The van der Waals surface area contributed by atoms with Crippen molar-refractivity contribution >= 4 is 29.7 Å². The van der Waals surface area contributed by atoms with Gasteiger partial charge in [-0.3, -0.25) is 19.2 Å². The molecule has 1 saturated heterocycles. The van der Waals surface area contributed by atoms with Crippen LogP contribution in [0.2, 0.25) is 0 Å². The summed E-state index contributed by atoms with van der Waals surface area (Å²) in [4.78, 5) is 62.9. The molecule has 0 radical (unpaired) electrons. The highest BCUT2D eigenvalue weighted by molar-refractivity contribution is 5.95. The molecule has 204 valence electrons. The number of hydrogen-bond acceptors (Lipinski definition) is 8. The largest absolute Gasteiger partial charge is 0.508 e. The number of nitrogens with one attached hydrogen (secondary N) is 2. The lowest BCUT2D eigenvalue weighted by Crippen LogP contribution is -2.57. The number of carboxylic acids is 2. The van der Waals surface area contributed by atoms with Crippen LogP contribution in [0.1, 0.15) is 44.1 Å². The standard InChI is InChI=1S/C24H35N5O8/c25-10-2-1-4-17(27-21(33)16(26)12-14-6-8-15(30)9-7-14)22(34)28-18(13-20(31)32)23(35)29-11-3-5-19(29)24(36)37/h6-9,16-19,30H,1-5,10-13,25-26H2,(H,27,33)(H,28,34)(H,31,32)(H,36,37)/t16-,17-,18-,19-/m0/s1. The minimum absolute atomic E-state index is 0.0625. The molecule has 13 nitrogen and oxygen atoms in total. The molecule has 2 rings (SSSR count). The molecule has 13 heteroatoms. The summed E-state index contributed by atoms with van der Waals surface area (Å²) in [7, 11) is 0. The Bertz CT molecular complexity index is 970. The van der Waals surface area contributed by atoms with Gasteiger partial charge in [0.05, 0.1) is 12.5 Å². The number of phenolic OH excluding ortho intramolecular Hbond substituents is 1. The summed E-state index contributed by atoms with van der Waals surface area (Å²) in [5, 5.41) is 33.0. The molecule has 1 aliphatic rings. The third kappa shape index (κ3) is 9.03. The number of carbonyl (C=O) groups excluding carboxylic acids is 3. The Kier molecular flexibility index (Phi) is 11.3. The number of likely N-dealkylation sites (tertiary alicyclic amines) is 1. The van der Waals surface area contributed by atoms with Gasteiger partial charge in [0.25, 0.3) is 0 Å². The summed E-state index contributed by atoms with van der Waals surface area (Å²) >= 11 is 0. The number of nitrogens with zero attached hydrogens (tertiary/aromatic N) is 1. The van der Waals surface area contributed by atoms with Crippen molar-refractivity contribution in [3.8, 4) is 5.75 Å². The van der Waals surface area contributed by atoms with Crippen molar-refractivity contribution in [3.05, 3.63) is 29.8 Å². The van der Waals surface area contributed by atoms with E-state index >= 15 is 0 Å². The van der Waals surface area contributed by atoms with Crippen molar-refractivity contribution in [1.29, 1.82) is 0 Å². The molecule has 0 aliphatic carbocycles. The molecular weight excluding hydrogens is 486 g/mol. The Hall–Kier alpha value is -3.71. The number of benzene rings is 1. The van der Waals surface area contributed by atoms with Gasteiger partial charge in [0.2, 0.25) is 17.7 Å². The zero-order chi connectivity index (χ0) is 27.5. The molecule has 37 heavy (non-hydrogen) atoms. The highest BCUT2D eigenvalue weighted by atomic mass is 16.4. The summed E-state index contributed by atoms with van der Waals surface area (Å²) in [6.45, 7) is 0.485. The maximum Gasteiger partial charge on any atom is 0.326 e. The topological polar surface area (TPSA) is 225 Å². The molecule has 0 bridgehead atoms. The van der Waals surface area contributed by atoms with E-state index in [1.165, 1.54) is 12.1 Å². The van der Waals surface area contributed by atoms with Gasteiger partial charge in [-0.05, 0) is 62.8 Å². The van der Waals surface area contributed by atoms with E-state index in [1.807, 2.05) is 0 Å². The van der Waals surface area contributed by atoms with Crippen molar-refractivity contribution in [1.82, 2.24) is 15.5 Å². The second-order valence-corrected chi connectivity index (χ2v) is 9.01. The van der Waals surface area contributed by atoms with E-state index < -0.39 is 60.2 Å². The number of rotatable bonds is 14. The summed E-state index contributed by atoms with van der Waals surface area (Å²) < 4.78 is 0. The number of carbonyl (C=O) groups is 5. The van der Waals surface area contributed by atoms with E-state index in [-0.39, 0.29) is 31.6 Å². The molecular formula is C24H35N5O8. The van der Waals surface area contributed by atoms with Gasteiger partial charge in [0, 0.05) is 6.54 Å². The van der Waals surface area contributed by atoms with Gasteiger partial charge in [-0.15, -0.1) is 0 Å². The first kappa shape index (κ1) is 29.5. The number of aliphatic carboxylic acids is 2. The zero-order valence-electron chi connectivity index (χ0n) is 20.5. The molecule has 9 N–H and O–H groups in total. The van der Waals surface area contributed by atoms with E-state index in [4.69, 9.17) is 11.5 Å². The lowest BCUT2D eigenvalue weighted by atomic mass is 10.0. The Morgan fingerprint density at radius 1 is 1.00 bits per heavy atom. The Morgan fingerprint density at radius 2 is 1.65 bits per heavy atom. The number of amides is 3. The molecule has 1 heterocycles. The predicted octanol–water partition coefficient (Wildman–Crippen LogP) is -1.09. The smallest absolute Gasteiger partial charge is 0.326 e. The molecule has 1 fully saturated rings. The van der Waals surface area contributed by atoms with E-state index in [1.54, 1.807) is 12.1 Å². The Morgan fingerprint density at radius 3 is 2.24 bits per heavy atom. The third-order valence-corrected chi connectivity index (χ3v) is 6.12. The molecule has 0 saturated carbocycles. The van der Waals surface area contributed by atoms with Crippen LogP contribution in [-0.4, -0.2) is 87.1 Å². The van der Waals surface area contributed by atoms with Crippen LogP contribution in [0.4, 0.5) is 0 Å². The normalized spacial score (nSPS) is 17.5. The average Bonchev–Trinajstić information content (AvgIpc) is 3.34. The second-order valence-electron chi connectivity index (χ2n) is 9.01. The van der Waals surface area contributed by atoms with E-state index in [0.29, 0.717) is 31.4 Å². The minimum Gasteiger partial charge on any atom is -0.508 e. The van der Waals surface area contributed by atoms with Crippen LogP contribution in [0, 0.1) is 0 Å². The SMILES string of the molecule is NCCCC[C@H](NC(=O)[C@@H](N)Cc1ccc(O)cc1)C(=O)N[C@@H](CC(=O)O)C(=O)N1CCC[C@H]1C(=O)O. The molecule has 4 atom stereocenters. The lowest BCUT2D eigenvalue weighted by Gasteiger charge is -2.28. The van der Waals surface area contributed by atoms with E-state index in [0.717, 1.165) is 4.90 Å². The van der Waals surface area contributed by atoms with Gasteiger partial charge in [-0.25, -0.2) is 4.79 Å². The lowest BCUT2D eigenvalue weighted by molar-refractivity contribution is -0.150. The first-order valence-corrected chi connectivity index (χ1v) is 12.1. The van der Waals surface area contributed by atoms with Crippen LogP contribution in [0.3, 0.4) is 0 Å². The summed E-state index contributed by atoms with van der Waals surface area (Å²) in [6, 6.07) is 1.38. The van der Waals surface area contributed by atoms with E-state index in [9.17, 15) is 39.3 Å². The number of aromatic hydroxyl groups is 1. The molecule has 0 spiro atoms. The van der Waals surface area contributed by atoms with Crippen molar-refractivity contribution in [2.45, 2.75) is 69.1 Å². The third-order valence-electron chi connectivity index (χ3n) is 6.12. The van der Waals surface area contributed by atoms with Crippen LogP contribution in [-0.2, 0) is 30.4 Å². The van der Waals surface area contributed by atoms with Crippen molar-refractivity contribution in [2.75, 3.05) is 13.1 Å². The van der Waals surface area contributed by atoms with Crippen LogP contribution in [0.25, 0.3) is 0 Å². The molecule has 1 aromatic carbocycles. The monoisotopic (exact) mass is 521 g/mol. The van der Waals surface area contributed by atoms with Crippen molar-refractivity contribution in [3.63, 3.8) is 0 Å². The van der Waals surface area contributed by atoms with Crippen LogP contribution < -0.4 is 22.1 Å². The Balaban J connectivity index is 2.13. The van der Waals surface area contributed by atoms with Gasteiger partial charge in [0.1, 0.15) is 23.9 Å². The average molecular weight is 522 g/mol. The van der Waals surface area contributed by atoms with Gasteiger partial charge in [0.15, 0.2) is 0 Å². The molecule has 0 unspecified atom stereocenters. The fraction of sp³-hybridized carbons (Fsp3) is 0.542. The first-order chi connectivity index (χ1) is 17.5. The van der Waals surface area contributed by atoms with Gasteiger partial charge < -0.3 is 42.3 Å².